The summed E-state index contributed by atoms with van der Waals surface area (Å²) in [5.74, 6) is -1.95. The maximum atomic E-state index is 12.0. The molecule has 0 spiro atoms. The molecule has 1 aliphatic carbocycles. The molecule has 0 N–H and O–H groups in total. The Morgan fingerprint density at radius 1 is 1.30 bits per heavy atom. The van der Waals surface area contributed by atoms with Gasteiger partial charge in [-0.2, -0.15) is 0 Å². The average molecular weight is 340 g/mol. The minimum absolute atomic E-state index is 0.0170. The summed E-state index contributed by atoms with van der Waals surface area (Å²) in [5.41, 5.74) is 0.161. The Labute approximate surface area is 138 Å². The van der Waals surface area contributed by atoms with Gasteiger partial charge in [0.15, 0.2) is 0 Å². The van der Waals surface area contributed by atoms with Crippen molar-refractivity contribution < 1.29 is 19.2 Å². The zero-order valence-corrected chi connectivity index (χ0v) is 13.6. The van der Waals surface area contributed by atoms with Crippen LogP contribution in [-0.2, 0) is 9.53 Å². The van der Waals surface area contributed by atoms with Gasteiger partial charge in [-0.05, 0) is 31.7 Å². The third-order valence-electron chi connectivity index (χ3n) is 4.04. The third-order valence-corrected chi connectivity index (χ3v) is 4.35. The maximum absolute atomic E-state index is 12.0. The van der Waals surface area contributed by atoms with Crippen LogP contribution in [-0.4, -0.2) is 23.3 Å². The number of halogens is 1. The number of carbonyl (C=O) groups excluding carboxylic acids is 2. The lowest BCUT2D eigenvalue weighted by Crippen LogP contribution is -2.18. The second-order valence-electron chi connectivity index (χ2n) is 5.53. The maximum Gasteiger partial charge on any atom is 0.379 e. The van der Waals surface area contributed by atoms with E-state index in [1.165, 1.54) is 6.07 Å². The second-order valence-corrected chi connectivity index (χ2v) is 5.94. The van der Waals surface area contributed by atoms with Crippen molar-refractivity contribution in [3.05, 3.63) is 38.4 Å². The van der Waals surface area contributed by atoms with Crippen LogP contribution in [0, 0.1) is 10.1 Å². The van der Waals surface area contributed by atoms with Crippen molar-refractivity contribution in [2.24, 2.45) is 0 Å². The standard InChI is InChI=1S/C16H18ClNO5/c1-2-23-16(20)15(19)11-8-12(17)14(13(9-11)18(21)22)10-6-4-3-5-7-10/h8-10H,2-7H2,1H3. The molecule has 6 nitrogen and oxygen atoms in total. The minimum Gasteiger partial charge on any atom is -0.460 e. The fourth-order valence-electron chi connectivity index (χ4n) is 3.00. The Balaban J connectivity index is 2.44. The lowest BCUT2D eigenvalue weighted by Gasteiger charge is -2.23. The Kier molecular flexibility index (Phi) is 5.71. The number of ketones is 1. The SMILES string of the molecule is CCOC(=O)C(=O)c1cc(Cl)c(C2CCCCC2)c([N+](=O)[O-])c1. The molecule has 1 aromatic carbocycles. The molecule has 0 atom stereocenters. The number of rotatable bonds is 5. The molecule has 1 fully saturated rings. The third kappa shape index (κ3) is 3.88. The molecule has 0 heterocycles. The lowest BCUT2D eigenvalue weighted by atomic mass is 9.83. The quantitative estimate of drug-likeness (QED) is 0.265. The van der Waals surface area contributed by atoms with Crippen molar-refractivity contribution in [2.75, 3.05) is 6.61 Å². The molecule has 0 saturated heterocycles. The monoisotopic (exact) mass is 339 g/mol. The Morgan fingerprint density at radius 3 is 2.52 bits per heavy atom. The molecule has 124 valence electrons. The summed E-state index contributed by atoms with van der Waals surface area (Å²) in [6, 6.07) is 2.47. The van der Waals surface area contributed by atoms with E-state index in [0.717, 1.165) is 38.2 Å². The first-order valence-electron chi connectivity index (χ1n) is 7.65. The lowest BCUT2D eigenvalue weighted by molar-refractivity contribution is -0.385. The van der Waals surface area contributed by atoms with E-state index in [1.54, 1.807) is 6.92 Å². The predicted molar refractivity (Wildman–Crippen MR) is 84.9 cm³/mol. The van der Waals surface area contributed by atoms with E-state index in [9.17, 15) is 19.7 Å². The molecule has 23 heavy (non-hydrogen) atoms. The fourth-order valence-corrected chi connectivity index (χ4v) is 3.36. The van der Waals surface area contributed by atoms with E-state index in [4.69, 9.17) is 11.6 Å². The van der Waals surface area contributed by atoms with Crippen LogP contribution in [0.5, 0.6) is 0 Å². The van der Waals surface area contributed by atoms with E-state index < -0.39 is 16.7 Å². The van der Waals surface area contributed by atoms with Gasteiger partial charge in [-0.15, -0.1) is 0 Å². The summed E-state index contributed by atoms with van der Waals surface area (Å²) in [4.78, 5) is 34.4. The average Bonchev–Trinajstić information content (AvgIpc) is 2.54. The summed E-state index contributed by atoms with van der Waals surface area (Å²) >= 11 is 6.23. The Morgan fingerprint density at radius 2 is 1.96 bits per heavy atom. The van der Waals surface area contributed by atoms with Crippen molar-refractivity contribution >= 4 is 29.0 Å². The molecule has 0 aromatic heterocycles. The van der Waals surface area contributed by atoms with Gasteiger partial charge in [0.05, 0.1) is 22.1 Å². The molecule has 0 unspecified atom stereocenters. The summed E-state index contributed by atoms with van der Waals surface area (Å²) in [5, 5.41) is 11.6. The number of nitro groups is 1. The highest BCUT2D eigenvalue weighted by Crippen LogP contribution is 2.41. The van der Waals surface area contributed by atoms with Gasteiger partial charge in [0.2, 0.25) is 0 Å². The van der Waals surface area contributed by atoms with E-state index in [0.29, 0.717) is 5.56 Å². The zero-order chi connectivity index (χ0) is 17.0. The van der Waals surface area contributed by atoms with Crippen LogP contribution in [0.15, 0.2) is 12.1 Å². The van der Waals surface area contributed by atoms with Gasteiger partial charge < -0.3 is 4.74 Å². The van der Waals surface area contributed by atoms with E-state index in [2.05, 4.69) is 4.74 Å². The van der Waals surface area contributed by atoms with E-state index in [-0.39, 0.29) is 28.8 Å². The van der Waals surface area contributed by atoms with Crippen molar-refractivity contribution in [2.45, 2.75) is 44.9 Å². The van der Waals surface area contributed by atoms with Gasteiger partial charge in [-0.3, -0.25) is 14.9 Å². The molecule has 0 aliphatic heterocycles. The molecule has 1 saturated carbocycles. The molecular formula is C16H18ClNO5. The van der Waals surface area contributed by atoms with Crippen LogP contribution in [0.2, 0.25) is 5.02 Å². The number of hydrogen-bond acceptors (Lipinski definition) is 5. The van der Waals surface area contributed by atoms with Crippen LogP contribution < -0.4 is 0 Å². The number of carbonyl (C=O) groups is 2. The van der Waals surface area contributed by atoms with E-state index >= 15 is 0 Å². The number of benzene rings is 1. The summed E-state index contributed by atoms with van der Waals surface area (Å²) in [7, 11) is 0. The smallest absolute Gasteiger partial charge is 0.379 e. The normalized spacial score (nSPS) is 15.2. The number of nitrogens with zero attached hydrogens (tertiary/aromatic N) is 1. The van der Waals surface area contributed by atoms with Crippen molar-refractivity contribution in [1.82, 2.24) is 0 Å². The Bertz CT molecular complexity index is 638. The van der Waals surface area contributed by atoms with Crippen LogP contribution in [0.25, 0.3) is 0 Å². The number of nitro benzene ring substituents is 1. The largest absolute Gasteiger partial charge is 0.460 e. The van der Waals surface area contributed by atoms with Crippen LogP contribution in [0.4, 0.5) is 5.69 Å². The first kappa shape index (κ1) is 17.4. The number of Topliss-reactive ketones (excluding diaryl/α,β-unsaturated/α-hetero) is 1. The van der Waals surface area contributed by atoms with Crippen molar-refractivity contribution in [1.29, 1.82) is 0 Å². The molecule has 0 radical (unpaired) electrons. The molecule has 0 amide bonds. The fraction of sp³-hybridized carbons (Fsp3) is 0.500. The highest BCUT2D eigenvalue weighted by atomic mass is 35.5. The Hall–Kier alpha value is -1.95. The molecular weight excluding hydrogens is 322 g/mol. The van der Waals surface area contributed by atoms with Gasteiger partial charge in [0, 0.05) is 11.6 Å². The number of hydrogen-bond donors (Lipinski definition) is 0. The molecule has 2 rings (SSSR count). The zero-order valence-electron chi connectivity index (χ0n) is 12.8. The summed E-state index contributed by atoms with van der Waals surface area (Å²) < 4.78 is 4.64. The summed E-state index contributed by atoms with van der Waals surface area (Å²) in [6.07, 6.45) is 4.79. The first-order chi connectivity index (χ1) is 11.0. The van der Waals surface area contributed by atoms with Crippen molar-refractivity contribution in [3.8, 4) is 0 Å². The predicted octanol–water partition coefficient (Wildman–Crippen LogP) is 4.04. The number of esters is 1. The molecule has 0 bridgehead atoms. The van der Waals surface area contributed by atoms with Crippen LogP contribution in [0.3, 0.4) is 0 Å². The van der Waals surface area contributed by atoms with Crippen molar-refractivity contribution in [3.63, 3.8) is 0 Å². The van der Waals surface area contributed by atoms with Gasteiger partial charge in [-0.1, -0.05) is 30.9 Å². The topological polar surface area (TPSA) is 86.5 Å². The minimum atomic E-state index is -1.04. The van der Waals surface area contributed by atoms with E-state index in [1.807, 2.05) is 0 Å². The second kappa shape index (κ2) is 7.55. The van der Waals surface area contributed by atoms with Gasteiger partial charge in [0.1, 0.15) is 0 Å². The first-order valence-corrected chi connectivity index (χ1v) is 8.02. The molecule has 1 aliphatic rings. The molecule has 7 heteroatoms. The van der Waals surface area contributed by atoms with Crippen LogP contribution in [0.1, 0.15) is 60.9 Å². The van der Waals surface area contributed by atoms with Gasteiger partial charge >= 0.3 is 5.97 Å². The van der Waals surface area contributed by atoms with Crippen LogP contribution >= 0.6 is 11.6 Å². The van der Waals surface area contributed by atoms with Gasteiger partial charge in [0.25, 0.3) is 11.5 Å². The molecule has 1 aromatic rings. The highest BCUT2D eigenvalue weighted by molar-refractivity contribution is 6.41. The highest BCUT2D eigenvalue weighted by Gasteiger charge is 2.30. The number of ether oxygens (including phenoxy) is 1. The summed E-state index contributed by atoms with van der Waals surface area (Å²) in [6.45, 7) is 1.63. The van der Waals surface area contributed by atoms with Gasteiger partial charge in [-0.25, -0.2) is 4.79 Å².